The number of carbonyl (C=O) groups excluding carboxylic acids is 2. The maximum atomic E-state index is 13.3. The van der Waals surface area contributed by atoms with Crippen molar-refractivity contribution in [1.29, 1.82) is 0 Å². The Bertz CT molecular complexity index is 942. The molecule has 1 aromatic heterocycles. The van der Waals surface area contributed by atoms with Crippen LogP contribution in [0.5, 0.6) is 0 Å². The number of quaternary nitrogens is 1. The number of ether oxygens (including phenoxy) is 1. The number of benzene rings is 1. The van der Waals surface area contributed by atoms with E-state index in [1.54, 1.807) is 18.3 Å². The third-order valence-corrected chi connectivity index (χ3v) is 6.74. The highest BCUT2D eigenvalue weighted by Gasteiger charge is 2.49. The normalized spacial score (nSPS) is 24.5. The zero-order valence-electron chi connectivity index (χ0n) is 18.8. The molecule has 1 saturated carbocycles. The molecule has 33 heavy (non-hydrogen) atoms. The predicted molar refractivity (Wildman–Crippen MR) is 118 cm³/mol. The number of amides is 1. The van der Waals surface area contributed by atoms with E-state index >= 15 is 0 Å². The molecule has 2 fully saturated rings. The van der Waals surface area contributed by atoms with E-state index in [1.165, 1.54) is 12.4 Å². The molecule has 1 amide bonds. The van der Waals surface area contributed by atoms with Gasteiger partial charge in [0.15, 0.2) is 24.1 Å². The molecule has 3 atom stereocenters. The van der Waals surface area contributed by atoms with E-state index in [-0.39, 0.29) is 41.5 Å². The largest absolute Gasteiger partial charge is 1.00 e. The lowest BCUT2D eigenvalue weighted by molar-refractivity contribution is -0.890. The number of halogens is 1. The Morgan fingerprint density at radius 2 is 1.91 bits per heavy atom. The number of aromatic nitrogens is 2. The van der Waals surface area contributed by atoms with Crippen molar-refractivity contribution in [2.75, 3.05) is 32.0 Å². The van der Waals surface area contributed by atoms with Crippen LogP contribution in [-0.4, -0.2) is 64.2 Å². The van der Waals surface area contributed by atoms with Crippen LogP contribution in [0.2, 0.25) is 0 Å². The molecule has 0 bridgehead atoms. The third-order valence-electron chi connectivity index (χ3n) is 6.74. The van der Waals surface area contributed by atoms with Gasteiger partial charge in [-0.15, -0.1) is 0 Å². The average Bonchev–Trinajstić information content (AvgIpc) is 3.45. The first-order valence-electron chi connectivity index (χ1n) is 11.3. The van der Waals surface area contributed by atoms with Gasteiger partial charge in [0, 0.05) is 24.7 Å². The van der Waals surface area contributed by atoms with Gasteiger partial charge in [-0.25, -0.2) is 9.78 Å². The fourth-order valence-electron chi connectivity index (χ4n) is 5.06. The summed E-state index contributed by atoms with van der Waals surface area (Å²) in [6, 6.07) is 9.13. The molecular formula is C24H31BrN4O4. The summed E-state index contributed by atoms with van der Waals surface area (Å²) < 4.78 is 6.34. The van der Waals surface area contributed by atoms with Gasteiger partial charge in [-0.2, -0.15) is 0 Å². The van der Waals surface area contributed by atoms with Gasteiger partial charge in [0.2, 0.25) is 0 Å². The number of hydrogen-bond donors (Lipinski definition) is 2. The molecular weight excluding hydrogens is 488 g/mol. The van der Waals surface area contributed by atoms with Gasteiger partial charge in [-0.05, 0) is 18.4 Å². The number of nitrogens with one attached hydrogen (secondary N) is 1. The average molecular weight is 519 g/mol. The molecule has 1 aliphatic carbocycles. The van der Waals surface area contributed by atoms with Crippen LogP contribution in [0, 0.1) is 5.92 Å². The second-order valence-corrected chi connectivity index (χ2v) is 9.25. The van der Waals surface area contributed by atoms with Gasteiger partial charge in [0.05, 0.1) is 19.8 Å². The van der Waals surface area contributed by atoms with Crippen molar-refractivity contribution >= 4 is 17.7 Å². The minimum Gasteiger partial charge on any atom is -1.00 e. The highest BCUT2D eigenvalue weighted by atomic mass is 79.9. The smallest absolute Gasteiger partial charge is 0.343 e. The van der Waals surface area contributed by atoms with E-state index in [0.29, 0.717) is 35.4 Å². The van der Waals surface area contributed by atoms with Crippen LogP contribution in [0.4, 0.5) is 5.82 Å². The maximum Gasteiger partial charge on any atom is 0.343 e. The molecule has 4 rings (SSSR count). The quantitative estimate of drug-likeness (QED) is 0.369. The summed E-state index contributed by atoms with van der Waals surface area (Å²) in [6.45, 7) is 1.48. The minimum atomic E-state index is -1.63. The molecule has 2 heterocycles. The van der Waals surface area contributed by atoms with Crippen LogP contribution < -0.4 is 22.3 Å². The van der Waals surface area contributed by atoms with Crippen molar-refractivity contribution in [3.8, 4) is 0 Å². The van der Waals surface area contributed by atoms with E-state index in [2.05, 4.69) is 15.3 Å². The van der Waals surface area contributed by atoms with Crippen molar-refractivity contribution in [3.63, 3.8) is 0 Å². The van der Waals surface area contributed by atoms with E-state index in [0.717, 1.165) is 25.7 Å². The number of carbonyl (C=O) groups is 2. The van der Waals surface area contributed by atoms with E-state index in [9.17, 15) is 14.7 Å². The van der Waals surface area contributed by atoms with Crippen molar-refractivity contribution in [3.05, 3.63) is 54.5 Å². The molecule has 2 N–H and O–H groups in total. The fourth-order valence-corrected chi connectivity index (χ4v) is 5.06. The lowest BCUT2D eigenvalue weighted by Crippen LogP contribution is -3.00. The number of hydrogen-bond acceptors (Lipinski definition) is 6. The molecule has 1 aliphatic heterocycles. The first-order valence-corrected chi connectivity index (χ1v) is 11.3. The van der Waals surface area contributed by atoms with Gasteiger partial charge < -0.3 is 36.6 Å². The van der Waals surface area contributed by atoms with Gasteiger partial charge in [-0.1, -0.05) is 43.2 Å². The summed E-state index contributed by atoms with van der Waals surface area (Å²) in [7, 11) is 1.98. The SMILES string of the molecule is C[N+]1(CC(=O)Nc2cnccn2)CC[C@@H](OC(=O)C(O)(c2ccccc2)C2CCCC2)C1.[Br-]. The molecule has 1 saturated heterocycles. The summed E-state index contributed by atoms with van der Waals surface area (Å²) in [6.07, 6.45) is 8.51. The van der Waals surface area contributed by atoms with Crippen LogP contribution in [-0.2, 0) is 19.9 Å². The fraction of sp³-hybridized carbons (Fsp3) is 0.500. The van der Waals surface area contributed by atoms with Crippen LogP contribution >= 0.6 is 0 Å². The molecule has 2 unspecified atom stereocenters. The summed E-state index contributed by atoms with van der Waals surface area (Å²) in [5.41, 5.74) is -1.04. The predicted octanol–water partition coefficient (Wildman–Crippen LogP) is -0.741. The van der Waals surface area contributed by atoms with E-state index in [4.69, 9.17) is 4.74 Å². The molecule has 2 aliphatic rings. The van der Waals surface area contributed by atoms with Crippen molar-refractivity contribution in [1.82, 2.24) is 9.97 Å². The first-order chi connectivity index (χ1) is 15.4. The first kappa shape index (κ1) is 25.3. The molecule has 0 spiro atoms. The standard InChI is InChI=1S/C24H30N4O4.BrH/c1-28(17-22(29)27-21-15-25-12-13-26-21)14-11-20(16-28)32-23(30)24(31,19-9-5-6-10-19)18-7-3-2-4-8-18;/h2-4,7-8,12-13,15,19-20,31H,5-6,9-11,14,16-17H2,1H3;1H/t20-,24?,28?;/m1./s1. The van der Waals surface area contributed by atoms with Crippen LogP contribution in [0.1, 0.15) is 37.7 Å². The monoisotopic (exact) mass is 518 g/mol. The summed E-state index contributed by atoms with van der Waals surface area (Å²) >= 11 is 0. The van der Waals surface area contributed by atoms with Crippen molar-refractivity contribution < 1.29 is 40.9 Å². The Morgan fingerprint density at radius 1 is 1.18 bits per heavy atom. The second kappa shape index (κ2) is 10.7. The Morgan fingerprint density at radius 3 is 2.58 bits per heavy atom. The van der Waals surface area contributed by atoms with Crippen molar-refractivity contribution in [2.45, 2.75) is 43.8 Å². The number of likely N-dealkylation sites (N-methyl/N-ethyl adjacent to an activating group) is 1. The zero-order valence-corrected chi connectivity index (χ0v) is 20.4. The lowest BCUT2D eigenvalue weighted by atomic mass is 9.80. The van der Waals surface area contributed by atoms with Gasteiger partial charge in [-0.3, -0.25) is 9.78 Å². The number of rotatable bonds is 7. The molecule has 0 radical (unpaired) electrons. The van der Waals surface area contributed by atoms with Gasteiger partial charge in [0.25, 0.3) is 5.91 Å². The number of aliphatic hydroxyl groups is 1. The number of esters is 1. The van der Waals surface area contributed by atoms with Crippen LogP contribution in [0.15, 0.2) is 48.9 Å². The Labute approximate surface area is 204 Å². The Balaban J connectivity index is 0.00000306. The van der Waals surface area contributed by atoms with Crippen LogP contribution in [0.3, 0.4) is 0 Å². The molecule has 1 aromatic carbocycles. The highest BCUT2D eigenvalue weighted by Crippen LogP contribution is 2.42. The van der Waals surface area contributed by atoms with E-state index in [1.807, 2.05) is 25.2 Å². The molecule has 8 nitrogen and oxygen atoms in total. The summed E-state index contributed by atoms with van der Waals surface area (Å²) in [5.74, 6) is -0.460. The van der Waals surface area contributed by atoms with E-state index < -0.39 is 11.6 Å². The third kappa shape index (κ3) is 5.77. The topological polar surface area (TPSA) is 101 Å². The molecule has 178 valence electrons. The Kier molecular flexibility index (Phi) is 8.20. The second-order valence-electron chi connectivity index (χ2n) is 9.25. The minimum absolute atomic E-state index is 0. The van der Waals surface area contributed by atoms with Crippen molar-refractivity contribution in [2.24, 2.45) is 5.92 Å². The van der Waals surface area contributed by atoms with Gasteiger partial charge >= 0.3 is 5.97 Å². The highest BCUT2D eigenvalue weighted by molar-refractivity contribution is 5.90. The number of likely N-dealkylation sites (tertiary alicyclic amines) is 1. The lowest BCUT2D eigenvalue weighted by Gasteiger charge is -2.33. The van der Waals surface area contributed by atoms with Gasteiger partial charge in [0.1, 0.15) is 6.54 Å². The summed E-state index contributed by atoms with van der Waals surface area (Å²) in [5, 5.41) is 14.4. The number of anilines is 1. The maximum absolute atomic E-state index is 13.3. The molecule has 9 heteroatoms. The number of nitrogens with zero attached hydrogens (tertiary/aromatic N) is 3. The molecule has 2 aromatic rings. The van der Waals surface area contributed by atoms with Crippen LogP contribution in [0.25, 0.3) is 0 Å². The summed E-state index contributed by atoms with van der Waals surface area (Å²) in [4.78, 5) is 33.8. The zero-order chi connectivity index (χ0) is 22.6. The Hall–Kier alpha value is -2.36.